The number of aliphatic hydroxyl groups excluding tert-OH is 1. The minimum absolute atomic E-state index is 0.0571. The average molecular weight is 293 g/mol. The SMILES string of the molecule is OCCN(Cc1cccnc1)Cc1cccc(Cl)c1O. The van der Waals surface area contributed by atoms with E-state index in [1.54, 1.807) is 24.5 Å². The maximum absolute atomic E-state index is 9.95. The number of aromatic hydroxyl groups is 1. The quantitative estimate of drug-likeness (QED) is 0.858. The molecule has 1 aromatic heterocycles. The molecule has 0 aliphatic rings. The fourth-order valence-corrected chi connectivity index (χ4v) is 2.23. The normalized spacial score (nSPS) is 10.9. The molecule has 106 valence electrons. The molecule has 0 saturated carbocycles. The van der Waals surface area contributed by atoms with Crippen LogP contribution < -0.4 is 0 Å². The van der Waals surface area contributed by atoms with Gasteiger partial charge in [0.05, 0.1) is 11.6 Å². The van der Waals surface area contributed by atoms with E-state index in [1.807, 2.05) is 23.1 Å². The summed E-state index contributed by atoms with van der Waals surface area (Å²) in [5.74, 6) is 0.100. The highest BCUT2D eigenvalue weighted by atomic mass is 35.5. The fraction of sp³-hybridized carbons (Fsp3) is 0.267. The first-order valence-corrected chi connectivity index (χ1v) is 6.77. The van der Waals surface area contributed by atoms with Crippen molar-refractivity contribution in [2.45, 2.75) is 13.1 Å². The van der Waals surface area contributed by atoms with Gasteiger partial charge in [-0.15, -0.1) is 0 Å². The predicted molar refractivity (Wildman–Crippen MR) is 78.6 cm³/mol. The molecule has 0 saturated heterocycles. The van der Waals surface area contributed by atoms with E-state index in [1.165, 1.54) is 0 Å². The Morgan fingerprint density at radius 1 is 1.15 bits per heavy atom. The van der Waals surface area contributed by atoms with E-state index in [0.717, 1.165) is 11.1 Å². The first-order chi connectivity index (χ1) is 9.70. The van der Waals surface area contributed by atoms with Crippen molar-refractivity contribution in [3.05, 3.63) is 58.9 Å². The van der Waals surface area contributed by atoms with E-state index in [4.69, 9.17) is 11.6 Å². The Morgan fingerprint density at radius 2 is 2.00 bits per heavy atom. The number of rotatable bonds is 6. The standard InChI is InChI=1S/C15H17ClN2O2/c16-14-5-1-4-13(15(14)20)11-18(7-8-19)10-12-3-2-6-17-9-12/h1-6,9,19-20H,7-8,10-11H2. The summed E-state index contributed by atoms with van der Waals surface area (Å²) < 4.78 is 0. The summed E-state index contributed by atoms with van der Waals surface area (Å²) in [5.41, 5.74) is 1.80. The molecule has 0 amide bonds. The molecule has 4 nitrogen and oxygen atoms in total. The second-order valence-corrected chi connectivity index (χ2v) is 4.95. The number of aromatic nitrogens is 1. The molecule has 0 unspecified atom stereocenters. The molecular weight excluding hydrogens is 276 g/mol. The van der Waals surface area contributed by atoms with Gasteiger partial charge in [0.1, 0.15) is 5.75 Å². The van der Waals surface area contributed by atoms with Crippen LogP contribution >= 0.6 is 11.6 Å². The monoisotopic (exact) mass is 292 g/mol. The largest absolute Gasteiger partial charge is 0.506 e. The number of pyridine rings is 1. The Morgan fingerprint density at radius 3 is 2.70 bits per heavy atom. The number of halogens is 1. The summed E-state index contributed by atoms with van der Waals surface area (Å²) in [7, 11) is 0. The van der Waals surface area contributed by atoms with E-state index in [9.17, 15) is 10.2 Å². The third-order valence-corrected chi connectivity index (χ3v) is 3.31. The molecular formula is C15H17ClN2O2. The van der Waals surface area contributed by atoms with Crippen LogP contribution in [-0.4, -0.2) is 33.2 Å². The van der Waals surface area contributed by atoms with Crippen molar-refractivity contribution in [1.29, 1.82) is 0 Å². The van der Waals surface area contributed by atoms with E-state index < -0.39 is 0 Å². The second kappa shape index (κ2) is 7.24. The molecule has 1 aromatic carbocycles. The van der Waals surface area contributed by atoms with Crippen LogP contribution in [0.5, 0.6) is 5.75 Å². The van der Waals surface area contributed by atoms with E-state index in [0.29, 0.717) is 24.7 Å². The minimum atomic E-state index is 0.0571. The van der Waals surface area contributed by atoms with Crippen LogP contribution in [0.4, 0.5) is 0 Å². The van der Waals surface area contributed by atoms with Crippen molar-refractivity contribution in [1.82, 2.24) is 9.88 Å². The number of phenolic OH excluding ortho intramolecular Hbond substituents is 1. The Balaban J connectivity index is 2.11. The lowest BCUT2D eigenvalue weighted by atomic mass is 10.1. The number of nitrogens with zero attached hydrogens (tertiary/aromatic N) is 2. The van der Waals surface area contributed by atoms with Gasteiger partial charge in [-0.1, -0.05) is 29.8 Å². The van der Waals surface area contributed by atoms with Crippen molar-refractivity contribution in [2.75, 3.05) is 13.2 Å². The summed E-state index contributed by atoms with van der Waals surface area (Å²) in [6.45, 7) is 1.74. The van der Waals surface area contributed by atoms with Gasteiger partial charge in [0.2, 0.25) is 0 Å². The predicted octanol–water partition coefficient (Wildman–Crippen LogP) is 2.44. The highest BCUT2D eigenvalue weighted by Gasteiger charge is 2.11. The van der Waals surface area contributed by atoms with Gasteiger partial charge in [-0.2, -0.15) is 0 Å². The van der Waals surface area contributed by atoms with Gasteiger partial charge in [0.15, 0.2) is 0 Å². The van der Waals surface area contributed by atoms with Gasteiger partial charge in [-0.25, -0.2) is 0 Å². The van der Waals surface area contributed by atoms with Crippen LogP contribution in [0, 0.1) is 0 Å². The van der Waals surface area contributed by atoms with Crippen LogP contribution in [0.15, 0.2) is 42.7 Å². The van der Waals surface area contributed by atoms with Gasteiger partial charge >= 0.3 is 0 Å². The van der Waals surface area contributed by atoms with Crippen molar-refractivity contribution in [3.8, 4) is 5.75 Å². The van der Waals surface area contributed by atoms with Crippen LogP contribution in [0.25, 0.3) is 0 Å². The molecule has 5 heteroatoms. The first-order valence-electron chi connectivity index (χ1n) is 6.39. The summed E-state index contributed by atoms with van der Waals surface area (Å²) in [4.78, 5) is 6.11. The van der Waals surface area contributed by atoms with Crippen LogP contribution in [0.2, 0.25) is 5.02 Å². The molecule has 20 heavy (non-hydrogen) atoms. The van der Waals surface area contributed by atoms with Gasteiger partial charge in [0, 0.05) is 37.6 Å². The number of hydrogen-bond acceptors (Lipinski definition) is 4. The average Bonchev–Trinajstić information content (AvgIpc) is 2.45. The Labute approximate surface area is 123 Å². The molecule has 2 N–H and O–H groups in total. The Hall–Kier alpha value is -1.62. The highest BCUT2D eigenvalue weighted by molar-refractivity contribution is 6.32. The Bertz CT molecular complexity index is 549. The number of hydrogen-bond donors (Lipinski definition) is 2. The molecule has 0 atom stereocenters. The van der Waals surface area contributed by atoms with Gasteiger partial charge < -0.3 is 10.2 Å². The zero-order valence-electron chi connectivity index (χ0n) is 11.0. The van der Waals surface area contributed by atoms with Gasteiger partial charge in [-0.3, -0.25) is 9.88 Å². The van der Waals surface area contributed by atoms with E-state index in [2.05, 4.69) is 4.98 Å². The van der Waals surface area contributed by atoms with E-state index >= 15 is 0 Å². The molecule has 0 spiro atoms. The maximum atomic E-state index is 9.95. The number of aliphatic hydroxyl groups is 1. The highest BCUT2D eigenvalue weighted by Crippen LogP contribution is 2.28. The van der Waals surface area contributed by atoms with Crippen LogP contribution in [0.1, 0.15) is 11.1 Å². The fourth-order valence-electron chi connectivity index (χ4n) is 2.03. The third-order valence-electron chi connectivity index (χ3n) is 3.01. The van der Waals surface area contributed by atoms with E-state index in [-0.39, 0.29) is 12.4 Å². The van der Waals surface area contributed by atoms with Gasteiger partial charge in [-0.05, 0) is 17.7 Å². The first kappa shape index (κ1) is 14.8. The molecule has 0 bridgehead atoms. The molecule has 0 aliphatic carbocycles. The topological polar surface area (TPSA) is 56.6 Å². The molecule has 0 fully saturated rings. The summed E-state index contributed by atoms with van der Waals surface area (Å²) in [6.07, 6.45) is 3.52. The maximum Gasteiger partial charge on any atom is 0.138 e. The molecule has 0 radical (unpaired) electrons. The Kier molecular flexibility index (Phi) is 5.35. The summed E-state index contributed by atoms with van der Waals surface area (Å²) in [5, 5.41) is 19.5. The smallest absolute Gasteiger partial charge is 0.138 e. The molecule has 0 aliphatic heterocycles. The number of phenols is 1. The molecule has 2 rings (SSSR count). The lowest BCUT2D eigenvalue weighted by Crippen LogP contribution is -2.26. The molecule has 2 aromatic rings. The minimum Gasteiger partial charge on any atom is -0.506 e. The van der Waals surface area contributed by atoms with Crippen LogP contribution in [-0.2, 0) is 13.1 Å². The number of para-hydroxylation sites is 1. The summed E-state index contributed by atoms with van der Waals surface area (Å²) >= 11 is 5.91. The number of benzene rings is 1. The van der Waals surface area contributed by atoms with Crippen molar-refractivity contribution < 1.29 is 10.2 Å². The van der Waals surface area contributed by atoms with Crippen LogP contribution in [0.3, 0.4) is 0 Å². The lowest BCUT2D eigenvalue weighted by molar-refractivity contribution is 0.183. The van der Waals surface area contributed by atoms with Gasteiger partial charge in [0.25, 0.3) is 0 Å². The lowest BCUT2D eigenvalue weighted by Gasteiger charge is -2.22. The van der Waals surface area contributed by atoms with Crippen molar-refractivity contribution in [3.63, 3.8) is 0 Å². The van der Waals surface area contributed by atoms with Crippen molar-refractivity contribution in [2.24, 2.45) is 0 Å². The molecule has 1 heterocycles. The zero-order chi connectivity index (χ0) is 14.4. The summed E-state index contributed by atoms with van der Waals surface area (Å²) in [6, 6.07) is 9.14. The second-order valence-electron chi connectivity index (χ2n) is 4.54. The zero-order valence-corrected chi connectivity index (χ0v) is 11.8. The van der Waals surface area contributed by atoms with Crippen molar-refractivity contribution >= 4 is 11.6 Å². The third kappa shape index (κ3) is 3.93.